The molecular weight excluding hydrogens is 424 g/mol. The van der Waals surface area contributed by atoms with Gasteiger partial charge in [0, 0.05) is 51.3 Å². The number of piperazine rings is 1. The Bertz CT molecular complexity index is 1020. The number of rotatable bonds is 8. The van der Waals surface area contributed by atoms with Crippen molar-refractivity contribution < 1.29 is 19.2 Å². The smallest absolute Gasteiger partial charge is 0.293 e. The Morgan fingerprint density at radius 1 is 1.09 bits per heavy atom. The molecule has 1 aliphatic heterocycles. The van der Waals surface area contributed by atoms with Crippen LogP contribution in [0.5, 0.6) is 0 Å². The average molecular weight is 455 g/mol. The maximum atomic E-state index is 12.8. The molecule has 0 bridgehead atoms. The monoisotopic (exact) mass is 454 g/mol. The molecule has 0 unspecified atom stereocenters. The summed E-state index contributed by atoms with van der Waals surface area (Å²) >= 11 is 0. The van der Waals surface area contributed by atoms with Crippen LogP contribution < -0.4 is 10.2 Å². The third-order valence-corrected chi connectivity index (χ3v) is 5.63. The molecule has 33 heavy (non-hydrogen) atoms. The van der Waals surface area contributed by atoms with E-state index in [-0.39, 0.29) is 29.2 Å². The van der Waals surface area contributed by atoms with Crippen LogP contribution in [0.3, 0.4) is 0 Å². The fourth-order valence-electron chi connectivity index (χ4n) is 3.75. The van der Waals surface area contributed by atoms with Crippen LogP contribution in [-0.2, 0) is 22.7 Å². The Hall–Kier alpha value is -3.46. The van der Waals surface area contributed by atoms with Gasteiger partial charge in [0.05, 0.1) is 17.6 Å². The predicted octanol–water partition coefficient (Wildman–Crippen LogP) is 3.12. The second-order valence-corrected chi connectivity index (χ2v) is 8.26. The second kappa shape index (κ2) is 10.9. The lowest BCUT2D eigenvalue weighted by Gasteiger charge is -2.35. The van der Waals surface area contributed by atoms with Crippen LogP contribution in [0.4, 0.5) is 11.4 Å². The molecule has 1 aliphatic rings. The lowest BCUT2D eigenvalue weighted by molar-refractivity contribution is -0.384. The summed E-state index contributed by atoms with van der Waals surface area (Å²) in [6.07, 6.45) is 0.0946. The van der Waals surface area contributed by atoms with E-state index in [1.807, 2.05) is 43.0 Å². The van der Waals surface area contributed by atoms with Gasteiger partial charge in [0.2, 0.25) is 5.91 Å². The highest BCUT2D eigenvalue weighted by molar-refractivity contribution is 5.95. The molecule has 1 fully saturated rings. The number of ether oxygens (including phenoxy) is 1. The highest BCUT2D eigenvalue weighted by Crippen LogP contribution is 2.30. The van der Waals surface area contributed by atoms with Crippen LogP contribution in [-0.4, -0.2) is 53.9 Å². The third kappa shape index (κ3) is 6.29. The predicted molar refractivity (Wildman–Crippen MR) is 125 cm³/mol. The Labute approximate surface area is 193 Å². The molecule has 176 valence electrons. The summed E-state index contributed by atoms with van der Waals surface area (Å²) in [5.41, 5.74) is 2.47. The van der Waals surface area contributed by atoms with Crippen molar-refractivity contribution >= 4 is 23.2 Å². The van der Waals surface area contributed by atoms with Crippen LogP contribution in [0.15, 0.2) is 42.5 Å². The maximum Gasteiger partial charge on any atom is 0.293 e. The van der Waals surface area contributed by atoms with Crippen molar-refractivity contribution in [3.8, 4) is 0 Å². The molecule has 9 nitrogen and oxygen atoms in total. The van der Waals surface area contributed by atoms with Crippen molar-refractivity contribution in [3.05, 3.63) is 69.3 Å². The van der Waals surface area contributed by atoms with Crippen LogP contribution in [0.25, 0.3) is 0 Å². The van der Waals surface area contributed by atoms with E-state index in [0.29, 0.717) is 45.0 Å². The quantitative estimate of drug-likeness (QED) is 0.485. The van der Waals surface area contributed by atoms with Crippen molar-refractivity contribution in [1.82, 2.24) is 10.2 Å². The average Bonchev–Trinajstić information content (AvgIpc) is 2.81. The normalized spacial score (nSPS) is 13.8. The molecule has 0 aliphatic carbocycles. The van der Waals surface area contributed by atoms with Crippen LogP contribution in [0, 0.1) is 10.1 Å². The first-order chi connectivity index (χ1) is 15.8. The van der Waals surface area contributed by atoms with E-state index >= 15 is 0 Å². The summed E-state index contributed by atoms with van der Waals surface area (Å²) in [5, 5.41) is 14.6. The number of nitrogens with zero attached hydrogens (tertiary/aromatic N) is 3. The minimum Gasteiger partial charge on any atom is -0.374 e. The first kappa shape index (κ1) is 24.2. The minimum absolute atomic E-state index is 0.00601. The minimum atomic E-state index is -0.470. The molecule has 2 amide bonds. The number of carbonyl (C=O) groups is 2. The molecule has 2 aromatic rings. The Balaban J connectivity index is 1.70. The number of carbonyl (C=O) groups excluding carboxylic acids is 2. The van der Waals surface area contributed by atoms with E-state index in [4.69, 9.17) is 4.74 Å². The third-order valence-electron chi connectivity index (χ3n) is 5.63. The first-order valence-electron chi connectivity index (χ1n) is 11.0. The zero-order chi connectivity index (χ0) is 24.0. The van der Waals surface area contributed by atoms with E-state index in [1.165, 1.54) is 13.0 Å². The van der Waals surface area contributed by atoms with Gasteiger partial charge in [-0.2, -0.15) is 0 Å². The van der Waals surface area contributed by atoms with Gasteiger partial charge in [-0.15, -0.1) is 0 Å². The molecule has 0 aromatic heterocycles. The molecule has 0 radical (unpaired) electrons. The number of amides is 2. The molecule has 2 aromatic carbocycles. The van der Waals surface area contributed by atoms with Gasteiger partial charge in [-0.25, -0.2) is 0 Å². The number of anilines is 1. The summed E-state index contributed by atoms with van der Waals surface area (Å²) < 4.78 is 5.68. The van der Waals surface area contributed by atoms with Crippen molar-refractivity contribution in [2.45, 2.75) is 40.0 Å². The number of nitro groups is 1. The number of hydrogen-bond donors (Lipinski definition) is 1. The van der Waals surface area contributed by atoms with E-state index in [9.17, 15) is 19.7 Å². The SMILES string of the molecule is CC(=O)N1CCN(c2ccc(C(=O)NCc3ccccc3COC(C)C)cc2[N+](=O)[O-])CC1. The molecule has 1 saturated heterocycles. The summed E-state index contributed by atoms with van der Waals surface area (Å²) in [6.45, 7) is 8.20. The molecule has 0 atom stereocenters. The summed E-state index contributed by atoms with van der Waals surface area (Å²) in [5.74, 6) is -0.390. The topological polar surface area (TPSA) is 105 Å². The maximum absolute atomic E-state index is 12.8. The van der Waals surface area contributed by atoms with E-state index in [0.717, 1.165) is 11.1 Å². The molecular formula is C24H30N4O5. The Kier molecular flexibility index (Phi) is 8.00. The van der Waals surface area contributed by atoms with Crippen molar-refractivity contribution in [1.29, 1.82) is 0 Å². The standard InChI is InChI=1S/C24H30N4O5/c1-17(2)33-16-21-7-5-4-6-20(21)15-25-24(30)19-8-9-22(23(14-19)28(31)32)27-12-10-26(11-13-27)18(3)29/h4-9,14,17H,10-13,15-16H2,1-3H3,(H,25,30). The summed E-state index contributed by atoms with van der Waals surface area (Å²) in [7, 11) is 0. The number of benzene rings is 2. The summed E-state index contributed by atoms with van der Waals surface area (Å²) in [6, 6.07) is 12.2. The molecule has 0 spiro atoms. The largest absolute Gasteiger partial charge is 0.374 e. The lowest BCUT2D eigenvalue weighted by Crippen LogP contribution is -2.48. The fourth-order valence-corrected chi connectivity index (χ4v) is 3.75. The van der Waals surface area contributed by atoms with Crippen LogP contribution >= 0.6 is 0 Å². The lowest BCUT2D eigenvalue weighted by atomic mass is 10.1. The van der Waals surface area contributed by atoms with E-state index in [2.05, 4.69) is 5.32 Å². The second-order valence-electron chi connectivity index (χ2n) is 8.26. The van der Waals surface area contributed by atoms with Gasteiger partial charge < -0.3 is 19.9 Å². The number of nitrogens with one attached hydrogen (secondary N) is 1. The molecule has 3 rings (SSSR count). The Morgan fingerprint density at radius 2 is 1.76 bits per heavy atom. The van der Waals surface area contributed by atoms with Crippen LogP contribution in [0.1, 0.15) is 42.3 Å². The zero-order valence-electron chi connectivity index (χ0n) is 19.2. The van der Waals surface area contributed by atoms with Gasteiger partial charge in [0.25, 0.3) is 11.6 Å². The first-order valence-corrected chi connectivity index (χ1v) is 11.0. The van der Waals surface area contributed by atoms with Gasteiger partial charge in [-0.1, -0.05) is 24.3 Å². The molecule has 1 heterocycles. The zero-order valence-corrected chi connectivity index (χ0v) is 19.2. The molecule has 0 saturated carbocycles. The van der Waals surface area contributed by atoms with Crippen molar-refractivity contribution in [2.24, 2.45) is 0 Å². The van der Waals surface area contributed by atoms with Crippen LogP contribution in [0.2, 0.25) is 0 Å². The number of nitro benzene ring substituents is 1. The fraction of sp³-hybridized carbons (Fsp3) is 0.417. The van der Waals surface area contributed by atoms with Gasteiger partial charge in [0.1, 0.15) is 5.69 Å². The van der Waals surface area contributed by atoms with Gasteiger partial charge >= 0.3 is 0 Å². The van der Waals surface area contributed by atoms with Crippen molar-refractivity contribution in [2.75, 3.05) is 31.1 Å². The van der Waals surface area contributed by atoms with Gasteiger partial charge in [-0.05, 0) is 37.1 Å². The highest BCUT2D eigenvalue weighted by atomic mass is 16.6. The van der Waals surface area contributed by atoms with Crippen molar-refractivity contribution in [3.63, 3.8) is 0 Å². The van der Waals surface area contributed by atoms with Gasteiger partial charge in [0.15, 0.2) is 0 Å². The van der Waals surface area contributed by atoms with Gasteiger partial charge in [-0.3, -0.25) is 19.7 Å². The molecule has 9 heteroatoms. The van der Waals surface area contributed by atoms with E-state index in [1.54, 1.807) is 17.0 Å². The molecule has 1 N–H and O–H groups in total. The van der Waals surface area contributed by atoms with E-state index < -0.39 is 4.92 Å². The summed E-state index contributed by atoms with van der Waals surface area (Å²) in [4.78, 5) is 39.1. The Morgan fingerprint density at radius 3 is 2.36 bits per heavy atom. The highest BCUT2D eigenvalue weighted by Gasteiger charge is 2.26. The number of hydrogen-bond acceptors (Lipinski definition) is 6.